The minimum atomic E-state index is -1.73. The molecule has 2 atom stereocenters. The number of carbonyl (C=O) groups excluding carboxylic acids is 1. The van der Waals surface area contributed by atoms with Crippen LogP contribution in [0.4, 0.5) is 0 Å². The van der Waals surface area contributed by atoms with Crippen LogP contribution in [0.15, 0.2) is 66.7 Å². The number of amides is 1. The molecule has 0 bridgehead atoms. The third-order valence-corrected chi connectivity index (χ3v) is 3.22. The number of aliphatic carboxylic acids is 1. The van der Waals surface area contributed by atoms with E-state index in [0.717, 1.165) is 5.56 Å². The van der Waals surface area contributed by atoms with E-state index < -0.39 is 24.0 Å². The molecule has 0 aliphatic heterocycles. The normalized spacial score (nSPS) is 13.4. The zero-order chi connectivity index (χ0) is 16.7. The van der Waals surface area contributed by atoms with Crippen LogP contribution in [0.1, 0.15) is 15.9 Å². The van der Waals surface area contributed by atoms with Crippen molar-refractivity contribution in [3.05, 3.63) is 77.9 Å². The summed E-state index contributed by atoms with van der Waals surface area (Å²) in [6.45, 7) is 0. The molecule has 0 aromatic heterocycles. The number of carbonyl (C=O) groups is 2. The van der Waals surface area contributed by atoms with Crippen LogP contribution in [-0.2, 0) is 4.79 Å². The van der Waals surface area contributed by atoms with E-state index in [2.05, 4.69) is 5.32 Å². The lowest BCUT2D eigenvalue weighted by Gasteiger charge is -2.18. The van der Waals surface area contributed by atoms with E-state index in [1.165, 1.54) is 6.08 Å². The molecule has 0 aliphatic rings. The molecule has 5 heteroatoms. The Morgan fingerprint density at radius 3 is 2.09 bits per heavy atom. The van der Waals surface area contributed by atoms with Crippen molar-refractivity contribution in [2.24, 2.45) is 0 Å². The maximum atomic E-state index is 12.1. The highest BCUT2D eigenvalue weighted by atomic mass is 16.4. The minimum Gasteiger partial charge on any atom is -0.479 e. The third-order valence-electron chi connectivity index (χ3n) is 3.22. The molecule has 0 unspecified atom stereocenters. The van der Waals surface area contributed by atoms with Gasteiger partial charge in [0.05, 0.1) is 6.04 Å². The first kappa shape index (κ1) is 16.5. The van der Waals surface area contributed by atoms with Gasteiger partial charge in [-0.15, -0.1) is 0 Å². The molecule has 0 aliphatic carbocycles. The summed E-state index contributed by atoms with van der Waals surface area (Å²) < 4.78 is 0. The van der Waals surface area contributed by atoms with Crippen molar-refractivity contribution in [2.45, 2.75) is 12.1 Å². The van der Waals surface area contributed by atoms with E-state index in [1.54, 1.807) is 36.4 Å². The number of hydrogen-bond donors (Lipinski definition) is 3. The average molecular weight is 311 g/mol. The van der Waals surface area contributed by atoms with Crippen molar-refractivity contribution in [3.8, 4) is 0 Å². The summed E-state index contributed by atoms with van der Waals surface area (Å²) in [6, 6.07) is 16.6. The first-order chi connectivity index (χ1) is 11.1. The number of aliphatic hydroxyl groups is 1. The molecule has 2 aromatic carbocycles. The highest BCUT2D eigenvalue weighted by Gasteiger charge is 2.25. The van der Waals surface area contributed by atoms with Crippen LogP contribution in [0.25, 0.3) is 6.08 Å². The number of aliphatic hydroxyl groups excluding tert-OH is 1. The maximum Gasteiger partial charge on any atom is 0.335 e. The monoisotopic (exact) mass is 311 g/mol. The topological polar surface area (TPSA) is 86.6 Å². The smallest absolute Gasteiger partial charge is 0.335 e. The van der Waals surface area contributed by atoms with Crippen LogP contribution in [0.5, 0.6) is 0 Å². The fourth-order valence-electron chi connectivity index (χ4n) is 1.99. The first-order valence-electron chi connectivity index (χ1n) is 7.08. The Labute approximate surface area is 133 Å². The summed E-state index contributed by atoms with van der Waals surface area (Å²) in [4.78, 5) is 23.2. The van der Waals surface area contributed by atoms with Gasteiger partial charge in [-0.1, -0.05) is 60.7 Å². The molecular formula is C18H17NO4. The van der Waals surface area contributed by atoms with E-state index in [-0.39, 0.29) is 0 Å². The Balaban J connectivity index is 2.16. The predicted octanol–water partition coefficient (Wildman–Crippen LogP) is 1.94. The lowest BCUT2D eigenvalue weighted by atomic mass is 10.1. The zero-order valence-corrected chi connectivity index (χ0v) is 12.3. The van der Waals surface area contributed by atoms with Crippen molar-refractivity contribution >= 4 is 18.0 Å². The molecule has 0 saturated heterocycles. The number of hydrogen-bond acceptors (Lipinski definition) is 3. The average Bonchev–Trinajstić information content (AvgIpc) is 2.59. The molecule has 2 rings (SSSR count). The summed E-state index contributed by atoms with van der Waals surface area (Å²) in [5, 5.41) is 21.3. The molecule has 0 fully saturated rings. The molecule has 2 aromatic rings. The summed E-state index contributed by atoms with van der Waals surface area (Å²) in [7, 11) is 0. The second-order valence-electron chi connectivity index (χ2n) is 4.92. The molecular weight excluding hydrogens is 294 g/mol. The van der Waals surface area contributed by atoms with Crippen LogP contribution >= 0.6 is 0 Å². The number of carboxylic acid groups (broad SMARTS) is 1. The van der Waals surface area contributed by atoms with Crippen molar-refractivity contribution in [1.29, 1.82) is 0 Å². The number of benzene rings is 2. The van der Waals surface area contributed by atoms with Gasteiger partial charge in [-0.05, 0) is 17.7 Å². The summed E-state index contributed by atoms with van der Waals surface area (Å²) >= 11 is 0. The molecule has 23 heavy (non-hydrogen) atoms. The van der Waals surface area contributed by atoms with Gasteiger partial charge in [0.2, 0.25) is 0 Å². The van der Waals surface area contributed by atoms with Crippen LogP contribution in [-0.4, -0.2) is 34.2 Å². The van der Waals surface area contributed by atoms with E-state index >= 15 is 0 Å². The van der Waals surface area contributed by atoms with E-state index in [0.29, 0.717) is 5.56 Å². The highest BCUT2D eigenvalue weighted by molar-refractivity contribution is 5.95. The largest absolute Gasteiger partial charge is 0.479 e. The Hall–Kier alpha value is -2.92. The zero-order valence-electron chi connectivity index (χ0n) is 12.3. The maximum absolute atomic E-state index is 12.1. The van der Waals surface area contributed by atoms with Gasteiger partial charge in [-0.25, -0.2) is 4.79 Å². The SMILES string of the molecule is O=C(N[C@@H](/C=C/c1ccccc1)[C@@H](O)C(=O)O)c1ccccc1. The van der Waals surface area contributed by atoms with Crippen molar-refractivity contribution in [2.75, 3.05) is 0 Å². The predicted molar refractivity (Wildman–Crippen MR) is 86.8 cm³/mol. The Bertz CT molecular complexity index is 683. The van der Waals surface area contributed by atoms with Gasteiger partial charge in [0, 0.05) is 5.56 Å². The molecule has 0 radical (unpaired) electrons. The fourth-order valence-corrected chi connectivity index (χ4v) is 1.99. The van der Waals surface area contributed by atoms with Gasteiger partial charge in [0.1, 0.15) is 0 Å². The van der Waals surface area contributed by atoms with Crippen molar-refractivity contribution < 1.29 is 19.8 Å². The molecule has 1 amide bonds. The van der Waals surface area contributed by atoms with Gasteiger partial charge in [-0.2, -0.15) is 0 Å². The van der Waals surface area contributed by atoms with Crippen LogP contribution < -0.4 is 5.32 Å². The molecule has 5 nitrogen and oxygen atoms in total. The molecule has 0 heterocycles. The summed E-state index contributed by atoms with van der Waals surface area (Å²) in [5.41, 5.74) is 1.23. The van der Waals surface area contributed by atoms with Gasteiger partial charge in [-0.3, -0.25) is 4.79 Å². The minimum absolute atomic E-state index is 0.392. The van der Waals surface area contributed by atoms with E-state index in [4.69, 9.17) is 5.11 Å². The Kier molecular flexibility index (Phi) is 5.66. The highest BCUT2D eigenvalue weighted by Crippen LogP contribution is 2.06. The molecule has 3 N–H and O–H groups in total. The van der Waals surface area contributed by atoms with Crippen LogP contribution in [0, 0.1) is 0 Å². The second kappa shape index (κ2) is 7.91. The Morgan fingerprint density at radius 1 is 0.957 bits per heavy atom. The number of rotatable bonds is 6. The summed E-state index contributed by atoms with van der Waals surface area (Å²) in [5.74, 6) is -1.85. The number of carboxylic acids is 1. The van der Waals surface area contributed by atoms with E-state index in [9.17, 15) is 14.7 Å². The van der Waals surface area contributed by atoms with Crippen LogP contribution in [0.3, 0.4) is 0 Å². The first-order valence-corrected chi connectivity index (χ1v) is 7.08. The lowest BCUT2D eigenvalue weighted by Crippen LogP contribution is -2.45. The number of nitrogens with one attached hydrogen (secondary N) is 1. The standard InChI is InChI=1S/C18H17NO4/c20-16(18(22)23)15(12-11-13-7-3-1-4-8-13)19-17(21)14-9-5-2-6-10-14/h1-12,15-16,20H,(H,19,21)(H,22,23)/b12-11+/t15-,16+/m0/s1. The van der Waals surface area contributed by atoms with Gasteiger partial charge < -0.3 is 15.5 Å². The van der Waals surface area contributed by atoms with Crippen LogP contribution in [0.2, 0.25) is 0 Å². The second-order valence-corrected chi connectivity index (χ2v) is 4.92. The van der Waals surface area contributed by atoms with Gasteiger partial charge in [0.15, 0.2) is 6.10 Å². The molecule has 118 valence electrons. The lowest BCUT2D eigenvalue weighted by molar-refractivity contribution is -0.147. The van der Waals surface area contributed by atoms with Gasteiger partial charge in [0.25, 0.3) is 5.91 Å². The molecule has 0 spiro atoms. The van der Waals surface area contributed by atoms with Crippen molar-refractivity contribution in [1.82, 2.24) is 5.32 Å². The quantitative estimate of drug-likeness (QED) is 0.761. The Morgan fingerprint density at radius 2 is 1.52 bits per heavy atom. The van der Waals surface area contributed by atoms with Gasteiger partial charge >= 0.3 is 5.97 Å². The van der Waals surface area contributed by atoms with Crippen molar-refractivity contribution in [3.63, 3.8) is 0 Å². The third kappa shape index (κ3) is 4.79. The summed E-state index contributed by atoms with van der Waals surface area (Å²) in [6.07, 6.45) is 1.39. The molecule has 0 saturated carbocycles. The van der Waals surface area contributed by atoms with E-state index in [1.807, 2.05) is 30.3 Å². The fraction of sp³-hybridized carbons (Fsp3) is 0.111.